The standard InChI is InChI=1S/C17H14N6O2/c1-25-12-6-3-2-5-11(12)15(24)16-20-14-7-4-10-23(14)17(21-16)19-13-8-9-18-22-13/h2-10H,1H3,(H2,18,19,20,21,22). The van der Waals surface area contributed by atoms with Crippen molar-refractivity contribution in [1.82, 2.24) is 24.6 Å². The first-order valence-corrected chi connectivity index (χ1v) is 7.56. The maximum Gasteiger partial charge on any atom is 0.234 e. The molecule has 0 saturated heterocycles. The molecule has 0 amide bonds. The number of benzene rings is 1. The average Bonchev–Trinajstić information content (AvgIpc) is 3.32. The number of nitrogens with zero attached hydrogens (tertiary/aromatic N) is 4. The van der Waals surface area contributed by atoms with Gasteiger partial charge in [0.25, 0.3) is 0 Å². The van der Waals surface area contributed by atoms with Crippen LogP contribution in [0.2, 0.25) is 0 Å². The summed E-state index contributed by atoms with van der Waals surface area (Å²) in [7, 11) is 1.52. The number of ketones is 1. The van der Waals surface area contributed by atoms with Crippen LogP contribution in [0.3, 0.4) is 0 Å². The molecule has 0 bridgehead atoms. The molecule has 25 heavy (non-hydrogen) atoms. The molecule has 4 rings (SSSR count). The molecule has 0 aliphatic rings. The van der Waals surface area contributed by atoms with E-state index in [4.69, 9.17) is 4.74 Å². The topological polar surface area (TPSA) is 97.2 Å². The predicted octanol–water partition coefficient (Wildman–Crippen LogP) is 2.44. The smallest absolute Gasteiger partial charge is 0.234 e. The number of aromatic amines is 1. The number of aromatic nitrogens is 5. The number of fused-ring (bicyclic) bond motifs is 1. The van der Waals surface area contributed by atoms with Crippen LogP contribution in [0.1, 0.15) is 16.2 Å². The summed E-state index contributed by atoms with van der Waals surface area (Å²) in [5, 5.41) is 9.84. The molecule has 0 atom stereocenters. The predicted molar refractivity (Wildman–Crippen MR) is 91.3 cm³/mol. The van der Waals surface area contributed by atoms with Crippen LogP contribution in [0.4, 0.5) is 11.8 Å². The summed E-state index contributed by atoms with van der Waals surface area (Å²) in [6, 6.07) is 12.4. The molecule has 0 spiro atoms. The number of carbonyl (C=O) groups is 1. The molecular formula is C17H14N6O2. The molecule has 2 N–H and O–H groups in total. The van der Waals surface area contributed by atoms with E-state index in [1.807, 2.05) is 12.3 Å². The van der Waals surface area contributed by atoms with Crippen molar-refractivity contribution in [1.29, 1.82) is 0 Å². The minimum Gasteiger partial charge on any atom is -0.496 e. The number of para-hydroxylation sites is 1. The Labute approximate surface area is 142 Å². The second-order valence-electron chi connectivity index (χ2n) is 5.22. The summed E-state index contributed by atoms with van der Waals surface area (Å²) >= 11 is 0. The number of anilines is 2. The van der Waals surface area contributed by atoms with Gasteiger partial charge in [-0.25, -0.2) is 4.98 Å². The van der Waals surface area contributed by atoms with Crippen LogP contribution in [-0.4, -0.2) is 37.5 Å². The van der Waals surface area contributed by atoms with Gasteiger partial charge in [-0.2, -0.15) is 10.1 Å². The third kappa shape index (κ3) is 2.69. The van der Waals surface area contributed by atoms with E-state index in [9.17, 15) is 4.79 Å². The second-order valence-corrected chi connectivity index (χ2v) is 5.22. The van der Waals surface area contributed by atoms with Gasteiger partial charge in [0, 0.05) is 18.5 Å². The van der Waals surface area contributed by atoms with E-state index in [2.05, 4.69) is 25.5 Å². The highest BCUT2D eigenvalue weighted by atomic mass is 16.5. The minimum atomic E-state index is -0.314. The monoisotopic (exact) mass is 334 g/mol. The molecule has 0 aliphatic heterocycles. The van der Waals surface area contributed by atoms with Gasteiger partial charge in [0.15, 0.2) is 5.82 Å². The number of rotatable bonds is 5. The van der Waals surface area contributed by atoms with Crippen LogP contribution in [0.25, 0.3) is 5.65 Å². The maximum atomic E-state index is 12.9. The molecule has 3 aromatic heterocycles. The highest BCUT2D eigenvalue weighted by Gasteiger charge is 2.19. The molecule has 1 aromatic carbocycles. The van der Waals surface area contributed by atoms with Crippen molar-refractivity contribution in [3.05, 3.63) is 66.2 Å². The first kappa shape index (κ1) is 14.9. The zero-order chi connectivity index (χ0) is 17.2. The van der Waals surface area contributed by atoms with Crippen LogP contribution in [0, 0.1) is 0 Å². The highest BCUT2D eigenvalue weighted by molar-refractivity contribution is 6.08. The number of ether oxygens (including phenoxy) is 1. The second kappa shape index (κ2) is 6.08. The number of carbonyl (C=O) groups excluding carboxylic acids is 1. The lowest BCUT2D eigenvalue weighted by molar-refractivity contribution is 0.102. The SMILES string of the molecule is COc1ccccc1C(=O)c1nc(Nc2cc[nH]n2)n2cccc2n1. The Balaban J connectivity index is 1.81. The Morgan fingerprint density at radius 3 is 2.84 bits per heavy atom. The van der Waals surface area contributed by atoms with Crippen LogP contribution in [0.5, 0.6) is 5.75 Å². The third-order valence-corrected chi connectivity index (χ3v) is 3.68. The average molecular weight is 334 g/mol. The molecule has 124 valence electrons. The van der Waals surface area contributed by atoms with Gasteiger partial charge in [-0.05, 0) is 24.3 Å². The fourth-order valence-electron chi connectivity index (χ4n) is 2.52. The van der Waals surface area contributed by atoms with Gasteiger partial charge in [-0.3, -0.25) is 14.3 Å². The van der Waals surface area contributed by atoms with Crippen molar-refractivity contribution in [3.63, 3.8) is 0 Å². The molecule has 4 aromatic rings. The molecule has 0 unspecified atom stereocenters. The van der Waals surface area contributed by atoms with Crippen molar-refractivity contribution in [2.75, 3.05) is 12.4 Å². The molecule has 0 saturated carbocycles. The summed E-state index contributed by atoms with van der Waals surface area (Å²) < 4.78 is 7.01. The van der Waals surface area contributed by atoms with Crippen molar-refractivity contribution < 1.29 is 9.53 Å². The van der Waals surface area contributed by atoms with Crippen LogP contribution >= 0.6 is 0 Å². The number of nitrogens with one attached hydrogen (secondary N) is 2. The molecule has 0 radical (unpaired) electrons. The van der Waals surface area contributed by atoms with E-state index in [0.717, 1.165) is 0 Å². The fraction of sp³-hybridized carbons (Fsp3) is 0.0588. The van der Waals surface area contributed by atoms with Gasteiger partial charge >= 0.3 is 0 Å². The van der Waals surface area contributed by atoms with Gasteiger partial charge in [-0.1, -0.05) is 12.1 Å². The lowest BCUT2D eigenvalue weighted by atomic mass is 10.1. The van der Waals surface area contributed by atoms with E-state index in [-0.39, 0.29) is 11.6 Å². The summed E-state index contributed by atoms with van der Waals surface area (Å²) in [5.74, 6) is 1.28. The normalized spacial score (nSPS) is 10.8. The third-order valence-electron chi connectivity index (χ3n) is 3.68. The fourth-order valence-corrected chi connectivity index (χ4v) is 2.52. The molecule has 0 fully saturated rings. The zero-order valence-corrected chi connectivity index (χ0v) is 13.3. The van der Waals surface area contributed by atoms with Crippen LogP contribution in [-0.2, 0) is 0 Å². The minimum absolute atomic E-state index is 0.0775. The number of methoxy groups -OCH3 is 1. The number of hydrogen-bond donors (Lipinski definition) is 2. The Kier molecular flexibility index (Phi) is 3.62. The van der Waals surface area contributed by atoms with E-state index < -0.39 is 0 Å². The quantitative estimate of drug-likeness (QED) is 0.544. The summed E-state index contributed by atoms with van der Waals surface area (Å²) in [4.78, 5) is 21.6. The van der Waals surface area contributed by atoms with Gasteiger partial charge in [0.2, 0.25) is 17.6 Å². The Morgan fingerprint density at radius 2 is 2.04 bits per heavy atom. The number of hydrogen-bond acceptors (Lipinski definition) is 6. The van der Waals surface area contributed by atoms with Crippen molar-refractivity contribution >= 4 is 23.2 Å². The molecule has 8 nitrogen and oxygen atoms in total. The van der Waals surface area contributed by atoms with Crippen molar-refractivity contribution in [3.8, 4) is 5.75 Å². The Bertz CT molecular complexity index is 1040. The van der Waals surface area contributed by atoms with E-state index in [0.29, 0.717) is 28.7 Å². The van der Waals surface area contributed by atoms with Crippen molar-refractivity contribution in [2.24, 2.45) is 0 Å². The maximum absolute atomic E-state index is 12.9. The van der Waals surface area contributed by atoms with E-state index >= 15 is 0 Å². The summed E-state index contributed by atoms with van der Waals surface area (Å²) in [6.45, 7) is 0. The first-order valence-electron chi connectivity index (χ1n) is 7.56. The summed E-state index contributed by atoms with van der Waals surface area (Å²) in [6.07, 6.45) is 3.50. The molecule has 3 heterocycles. The molecular weight excluding hydrogens is 320 g/mol. The lowest BCUT2D eigenvalue weighted by Gasteiger charge is -2.09. The highest BCUT2D eigenvalue weighted by Crippen LogP contribution is 2.21. The lowest BCUT2D eigenvalue weighted by Crippen LogP contribution is -2.13. The van der Waals surface area contributed by atoms with Gasteiger partial charge in [-0.15, -0.1) is 0 Å². The van der Waals surface area contributed by atoms with Gasteiger partial charge in [0.05, 0.1) is 12.7 Å². The zero-order valence-electron chi connectivity index (χ0n) is 13.3. The van der Waals surface area contributed by atoms with Crippen molar-refractivity contribution in [2.45, 2.75) is 0 Å². The first-order chi connectivity index (χ1) is 12.3. The molecule has 8 heteroatoms. The van der Waals surface area contributed by atoms with E-state index in [1.165, 1.54) is 7.11 Å². The Hall–Kier alpha value is -3.68. The van der Waals surface area contributed by atoms with Gasteiger partial charge in [0.1, 0.15) is 11.4 Å². The Morgan fingerprint density at radius 1 is 1.16 bits per heavy atom. The van der Waals surface area contributed by atoms with Crippen LogP contribution < -0.4 is 10.1 Å². The van der Waals surface area contributed by atoms with Crippen LogP contribution in [0.15, 0.2) is 54.9 Å². The van der Waals surface area contributed by atoms with Gasteiger partial charge < -0.3 is 10.1 Å². The molecule has 0 aliphatic carbocycles. The van der Waals surface area contributed by atoms with E-state index in [1.54, 1.807) is 47.0 Å². The summed E-state index contributed by atoms with van der Waals surface area (Å²) in [5.41, 5.74) is 1.01. The number of H-pyrrole nitrogens is 1. The largest absolute Gasteiger partial charge is 0.496 e.